The van der Waals surface area contributed by atoms with E-state index in [1.54, 1.807) is 12.0 Å². The number of ether oxygens (including phenoxy) is 1. The minimum Gasteiger partial charge on any atom is -0.380 e. The van der Waals surface area contributed by atoms with E-state index in [0.29, 0.717) is 32.7 Å². The Morgan fingerprint density at radius 2 is 1.74 bits per heavy atom. The molecule has 2 aliphatic heterocycles. The van der Waals surface area contributed by atoms with E-state index >= 15 is 0 Å². The Kier molecular flexibility index (Phi) is 4.42. The van der Waals surface area contributed by atoms with Gasteiger partial charge in [0.25, 0.3) is 0 Å². The first-order valence-corrected chi connectivity index (χ1v) is 6.63. The molecular formula is C13H21N3O3. The average Bonchev–Trinajstić information content (AvgIpc) is 2.94. The van der Waals surface area contributed by atoms with Crippen molar-refractivity contribution in [2.45, 2.75) is 12.5 Å². The lowest BCUT2D eigenvalue weighted by atomic mass is 10.3. The lowest BCUT2D eigenvalue weighted by Gasteiger charge is -2.36. The smallest absolute Gasteiger partial charge is 0.320 e. The fourth-order valence-electron chi connectivity index (χ4n) is 2.54. The van der Waals surface area contributed by atoms with Crippen LogP contribution in [-0.4, -0.2) is 79.1 Å². The third-order valence-corrected chi connectivity index (χ3v) is 3.79. The van der Waals surface area contributed by atoms with Crippen LogP contribution in [0.2, 0.25) is 0 Å². The summed E-state index contributed by atoms with van der Waals surface area (Å²) < 4.78 is 5.27. The van der Waals surface area contributed by atoms with Crippen LogP contribution >= 0.6 is 0 Å². The average molecular weight is 267 g/mol. The molecule has 0 radical (unpaired) electrons. The SMILES string of the molecule is C=CC(=O)N1CCN(C(=O)N2CCC(OC)C2)CC1. The number of carbonyl (C=O) groups excluding carboxylic acids is 2. The molecule has 0 aromatic heterocycles. The summed E-state index contributed by atoms with van der Waals surface area (Å²) in [6, 6.07) is 0.0604. The van der Waals surface area contributed by atoms with Gasteiger partial charge in [0.15, 0.2) is 0 Å². The van der Waals surface area contributed by atoms with Crippen LogP contribution in [0, 0.1) is 0 Å². The molecule has 0 aromatic rings. The number of amides is 3. The molecular weight excluding hydrogens is 246 g/mol. The van der Waals surface area contributed by atoms with E-state index < -0.39 is 0 Å². The van der Waals surface area contributed by atoms with Gasteiger partial charge in [-0.25, -0.2) is 4.79 Å². The summed E-state index contributed by atoms with van der Waals surface area (Å²) in [7, 11) is 1.68. The zero-order valence-corrected chi connectivity index (χ0v) is 11.4. The first kappa shape index (κ1) is 13.9. The van der Waals surface area contributed by atoms with Gasteiger partial charge in [0, 0.05) is 46.4 Å². The van der Waals surface area contributed by atoms with Crippen LogP contribution in [-0.2, 0) is 9.53 Å². The highest BCUT2D eigenvalue weighted by Crippen LogP contribution is 2.15. The van der Waals surface area contributed by atoms with Gasteiger partial charge < -0.3 is 19.4 Å². The number of carbonyl (C=O) groups is 2. The standard InChI is InChI=1S/C13H21N3O3/c1-3-12(17)14-6-8-15(9-7-14)13(18)16-5-4-11(10-16)19-2/h3,11H,1,4-10H2,2H3. The first-order chi connectivity index (χ1) is 9.15. The van der Waals surface area contributed by atoms with Crippen LogP contribution < -0.4 is 0 Å². The number of hydrogen-bond donors (Lipinski definition) is 0. The normalized spacial score (nSPS) is 23.6. The van der Waals surface area contributed by atoms with E-state index in [1.165, 1.54) is 6.08 Å². The molecule has 2 aliphatic rings. The molecule has 0 N–H and O–H groups in total. The molecule has 0 saturated carbocycles. The third kappa shape index (κ3) is 3.07. The monoisotopic (exact) mass is 267 g/mol. The summed E-state index contributed by atoms with van der Waals surface area (Å²) in [6.45, 7) is 7.24. The molecule has 0 spiro atoms. The quantitative estimate of drug-likeness (QED) is 0.670. The van der Waals surface area contributed by atoms with Crippen LogP contribution in [0.1, 0.15) is 6.42 Å². The molecule has 106 valence electrons. The van der Waals surface area contributed by atoms with Crippen molar-refractivity contribution in [2.24, 2.45) is 0 Å². The van der Waals surface area contributed by atoms with Gasteiger partial charge in [-0.05, 0) is 12.5 Å². The highest BCUT2D eigenvalue weighted by molar-refractivity contribution is 5.87. The van der Waals surface area contributed by atoms with Crippen LogP contribution in [0.4, 0.5) is 4.79 Å². The second kappa shape index (κ2) is 6.06. The lowest BCUT2D eigenvalue weighted by Crippen LogP contribution is -2.53. The molecule has 2 heterocycles. The summed E-state index contributed by atoms with van der Waals surface area (Å²) in [5.41, 5.74) is 0. The summed E-state index contributed by atoms with van der Waals surface area (Å²) in [4.78, 5) is 29.1. The van der Waals surface area contributed by atoms with Gasteiger partial charge in [0.2, 0.25) is 5.91 Å². The van der Waals surface area contributed by atoms with Crippen molar-refractivity contribution in [2.75, 3.05) is 46.4 Å². The first-order valence-electron chi connectivity index (χ1n) is 6.63. The molecule has 1 unspecified atom stereocenters. The van der Waals surface area contributed by atoms with Gasteiger partial charge in [-0.2, -0.15) is 0 Å². The van der Waals surface area contributed by atoms with Gasteiger partial charge >= 0.3 is 6.03 Å². The van der Waals surface area contributed by atoms with Crippen LogP contribution in [0.25, 0.3) is 0 Å². The number of likely N-dealkylation sites (tertiary alicyclic amines) is 1. The molecule has 19 heavy (non-hydrogen) atoms. The maximum atomic E-state index is 12.3. The molecule has 6 nitrogen and oxygen atoms in total. The number of hydrogen-bond acceptors (Lipinski definition) is 3. The van der Waals surface area contributed by atoms with Gasteiger partial charge in [-0.1, -0.05) is 6.58 Å². The minimum atomic E-state index is -0.0623. The van der Waals surface area contributed by atoms with Crippen LogP contribution in [0.3, 0.4) is 0 Å². The second-order valence-electron chi connectivity index (χ2n) is 4.89. The highest BCUT2D eigenvalue weighted by Gasteiger charge is 2.31. The number of urea groups is 1. The number of rotatable bonds is 2. The molecule has 0 aliphatic carbocycles. The van der Waals surface area contributed by atoms with Gasteiger partial charge in [-0.15, -0.1) is 0 Å². The zero-order chi connectivity index (χ0) is 13.8. The largest absolute Gasteiger partial charge is 0.380 e. The molecule has 1 atom stereocenters. The van der Waals surface area contributed by atoms with Gasteiger partial charge in [-0.3, -0.25) is 4.79 Å². The van der Waals surface area contributed by atoms with E-state index in [0.717, 1.165) is 13.0 Å². The third-order valence-electron chi connectivity index (χ3n) is 3.79. The van der Waals surface area contributed by atoms with Crippen molar-refractivity contribution in [1.82, 2.24) is 14.7 Å². The minimum absolute atomic E-state index is 0.0604. The van der Waals surface area contributed by atoms with E-state index in [1.807, 2.05) is 9.80 Å². The molecule has 0 bridgehead atoms. The number of nitrogens with zero attached hydrogens (tertiary/aromatic N) is 3. The summed E-state index contributed by atoms with van der Waals surface area (Å²) >= 11 is 0. The van der Waals surface area contributed by atoms with Gasteiger partial charge in [0.05, 0.1) is 6.10 Å². The van der Waals surface area contributed by atoms with E-state index in [9.17, 15) is 9.59 Å². The molecule has 0 aromatic carbocycles. The fraction of sp³-hybridized carbons (Fsp3) is 0.692. The maximum Gasteiger partial charge on any atom is 0.320 e. The van der Waals surface area contributed by atoms with Crippen LogP contribution in [0.5, 0.6) is 0 Å². The van der Waals surface area contributed by atoms with E-state index in [-0.39, 0.29) is 18.0 Å². The van der Waals surface area contributed by atoms with Crippen molar-refractivity contribution >= 4 is 11.9 Å². The molecule has 3 amide bonds. The number of methoxy groups -OCH3 is 1. The molecule has 2 fully saturated rings. The van der Waals surface area contributed by atoms with Crippen molar-refractivity contribution in [3.8, 4) is 0 Å². The van der Waals surface area contributed by atoms with Crippen molar-refractivity contribution in [3.05, 3.63) is 12.7 Å². The summed E-state index contributed by atoms with van der Waals surface area (Å²) in [5.74, 6) is -0.0623. The maximum absolute atomic E-state index is 12.3. The fourth-order valence-corrected chi connectivity index (χ4v) is 2.54. The van der Waals surface area contributed by atoms with Crippen molar-refractivity contribution in [1.29, 1.82) is 0 Å². The Balaban J connectivity index is 1.83. The Morgan fingerprint density at radius 1 is 1.11 bits per heavy atom. The zero-order valence-electron chi connectivity index (χ0n) is 11.4. The predicted octanol–water partition coefficient (Wildman–Crippen LogP) is 0.157. The predicted molar refractivity (Wildman–Crippen MR) is 70.7 cm³/mol. The summed E-state index contributed by atoms with van der Waals surface area (Å²) in [5, 5.41) is 0. The summed E-state index contributed by atoms with van der Waals surface area (Å²) in [6.07, 6.45) is 2.38. The topological polar surface area (TPSA) is 53.1 Å². The Morgan fingerprint density at radius 3 is 2.26 bits per heavy atom. The lowest BCUT2D eigenvalue weighted by molar-refractivity contribution is -0.127. The van der Waals surface area contributed by atoms with Crippen molar-refractivity contribution < 1.29 is 14.3 Å². The highest BCUT2D eigenvalue weighted by atomic mass is 16.5. The Hall–Kier alpha value is -1.56. The Bertz CT molecular complexity index is 364. The second-order valence-corrected chi connectivity index (χ2v) is 4.89. The van der Waals surface area contributed by atoms with E-state index in [2.05, 4.69) is 6.58 Å². The Labute approximate surface area is 113 Å². The number of piperazine rings is 1. The van der Waals surface area contributed by atoms with Crippen LogP contribution in [0.15, 0.2) is 12.7 Å². The van der Waals surface area contributed by atoms with E-state index in [4.69, 9.17) is 4.74 Å². The molecule has 2 saturated heterocycles. The van der Waals surface area contributed by atoms with Crippen molar-refractivity contribution in [3.63, 3.8) is 0 Å². The molecule has 6 heteroatoms. The van der Waals surface area contributed by atoms with Gasteiger partial charge in [0.1, 0.15) is 0 Å². The molecule has 2 rings (SSSR count).